The second kappa shape index (κ2) is 6.74. The van der Waals surface area contributed by atoms with E-state index in [-0.39, 0.29) is 18.0 Å². The zero-order valence-electron chi connectivity index (χ0n) is 10.5. The Morgan fingerprint density at radius 1 is 1.39 bits per heavy atom. The summed E-state index contributed by atoms with van der Waals surface area (Å²) in [5.74, 6) is -1.34. The molecule has 0 aliphatic heterocycles. The number of carbonyl (C=O) groups is 2. The van der Waals surface area contributed by atoms with E-state index in [1.807, 2.05) is 6.92 Å². The quantitative estimate of drug-likeness (QED) is 0.752. The predicted octanol–water partition coefficient (Wildman–Crippen LogP) is 1.85. The summed E-state index contributed by atoms with van der Waals surface area (Å²) in [6.07, 6.45) is 0.706. The summed E-state index contributed by atoms with van der Waals surface area (Å²) in [5, 5.41) is 0. The van der Waals surface area contributed by atoms with Crippen molar-refractivity contribution in [1.29, 1.82) is 0 Å². The van der Waals surface area contributed by atoms with E-state index < -0.39 is 11.8 Å². The number of halogens is 1. The molecule has 0 heterocycles. The first-order chi connectivity index (χ1) is 8.58. The molecule has 0 aliphatic rings. The van der Waals surface area contributed by atoms with Crippen LogP contribution in [-0.4, -0.2) is 37.0 Å². The summed E-state index contributed by atoms with van der Waals surface area (Å²) in [6, 6.07) is 5.40. The van der Waals surface area contributed by atoms with Gasteiger partial charge in [0.05, 0.1) is 7.11 Å². The van der Waals surface area contributed by atoms with Crippen LogP contribution in [0.1, 0.15) is 23.7 Å². The minimum absolute atomic E-state index is 0.125. The number of amides is 1. The molecule has 0 atom stereocenters. The molecule has 18 heavy (non-hydrogen) atoms. The largest absolute Gasteiger partial charge is 0.468 e. The standard InChI is InChI=1S/C13H16FNO3/c1-3-7-15(9-12(16)18-2)13(17)10-5-4-6-11(14)8-10/h4-6,8H,3,7,9H2,1-2H3. The lowest BCUT2D eigenvalue weighted by atomic mass is 10.2. The van der Waals surface area contributed by atoms with Crippen LogP contribution in [0.15, 0.2) is 24.3 Å². The Hall–Kier alpha value is -1.91. The van der Waals surface area contributed by atoms with Gasteiger partial charge in [0, 0.05) is 12.1 Å². The third-order valence-corrected chi connectivity index (χ3v) is 2.40. The van der Waals surface area contributed by atoms with Crippen molar-refractivity contribution < 1.29 is 18.7 Å². The van der Waals surface area contributed by atoms with Crippen molar-refractivity contribution in [3.05, 3.63) is 35.6 Å². The molecule has 98 valence electrons. The zero-order valence-corrected chi connectivity index (χ0v) is 10.5. The van der Waals surface area contributed by atoms with Gasteiger partial charge in [0.2, 0.25) is 0 Å². The van der Waals surface area contributed by atoms with Gasteiger partial charge in [-0.05, 0) is 24.6 Å². The monoisotopic (exact) mass is 253 g/mol. The molecule has 0 bridgehead atoms. The second-order valence-corrected chi connectivity index (χ2v) is 3.81. The van der Waals surface area contributed by atoms with Gasteiger partial charge >= 0.3 is 5.97 Å². The first-order valence-corrected chi connectivity index (χ1v) is 5.70. The Bertz CT molecular complexity index is 434. The van der Waals surface area contributed by atoms with Crippen LogP contribution in [0.2, 0.25) is 0 Å². The number of methoxy groups -OCH3 is 1. The Morgan fingerprint density at radius 2 is 2.11 bits per heavy atom. The van der Waals surface area contributed by atoms with Crippen LogP contribution in [0.3, 0.4) is 0 Å². The summed E-state index contributed by atoms with van der Waals surface area (Å²) in [6.45, 7) is 2.19. The molecule has 0 aromatic heterocycles. The van der Waals surface area contributed by atoms with Crippen LogP contribution in [0.25, 0.3) is 0 Å². The molecule has 0 aliphatic carbocycles. The highest BCUT2D eigenvalue weighted by molar-refractivity contribution is 5.95. The van der Waals surface area contributed by atoms with E-state index in [0.717, 1.165) is 6.07 Å². The molecule has 0 unspecified atom stereocenters. The van der Waals surface area contributed by atoms with Gasteiger partial charge in [-0.1, -0.05) is 13.0 Å². The summed E-state index contributed by atoms with van der Waals surface area (Å²) in [5.41, 5.74) is 0.229. The zero-order chi connectivity index (χ0) is 13.5. The SMILES string of the molecule is CCCN(CC(=O)OC)C(=O)c1cccc(F)c1. The van der Waals surface area contributed by atoms with Gasteiger partial charge < -0.3 is 9.64 Å². The normalized spacial score (nSPS) is 9.94. The number of esters is 1. The van der Waals surface area contributed by atoms with Gasteiger partial charge in [-0.25, -0.2) is 4.39 Å². The van der Waals surface area contributed by atoms with Gasteiger partial charge in [0.1, 0.15) is 12.4 Å². The lowest BCUT2D eigenvalue weighted by molar-refractivity contribution is -0.141. The van der Waals surface area contributed by atoms with E-state index in [0.29, 0.717) is 13.0 Å². The van der Waals surface area contributed by atoms with Crippen molar-refractivity contribution in [2.45, 2.75) is 13.3 Å². The fourth-order valence-corrected chi connectivity index (χ4v) is 1.55. The molecule has 5 heteroatoms. The van der Waals surface area contributed by atoms with Crippen molar-refractivity contribution in [3.8, 4) is 0 Å². The fourth-order valence-electron chi connectivity index (χ4n) is 1.55. The van der Waals surface area contributed by atoms with E-state index in [9.17, 15) is 14.0 Å². The van der Waals surface area contributed by atoms with E-state index in [1.165, 1.54) is 30.2 Å². The maximum atomic E-state index is 13.0. The Balaban J connectivity index is 2.85. The van der Waals surface area contributed by atoms with Crippen molar-refractivity contribution in [1.82, 2.24) is 4.90 Å². The second-order valence-electron chi connectivity index (χ2n) is 3.81. The molecule has 0 spiro atoms. The number of hydrogen-bond acceptors (Lipinski definition) is 3. The Labute approximate surface area is 105 Å². The van der Waals surface area contributed by atoms with Crippen LogP contribution < -0.4 is 0 Å². The maximum Gasteiger partial charge on any atom is 0.325 e. The van der Waals surface area contributed by atoms with E-state index >= 15 is 0 Å². The van der Waals surface area contributed by atoms with Crippen molar-refractivity contribution in [2.24, 2.45) is 0 Å². The van der Waals surface area contributed by atoms with Crippen molar-refractivity contribution in [2.75, 3.05) is 20.2 Å². The third-order valence-electron chi connectivity index (χ3n) is 2.40. The van der Waals surface area contributed by atoms with E-state index in [4.69, 9.17) is 0 Å². The molecule has 4 nitrogen and oxygen atoms in total. The third kappa shape index (κ3) is 3.84. The molecule has 1 rings (SSSR count). The molecule has 0 N–H and O–H groups in total. The van der Waals surface area contributed by atoms with Gasteiger partial charge in [-0.15, -0.1) is 0 Å². The topological polar surface area (TPSA) is 46.6 Å². The molecule has 0 fully saturated rings. The van der Waals surface area contributed by atoms with Crippen LogP contribution in [0, 0.1) is 5.82 Å². The molecule has 1 aromatic rings. The number of rotatable bonds is 5. The Morgan fingerprint density at radius 3 is 2.67 bits per heavy atom. The molecular formula is C13H16FNO3. The smallest absolute Gasteiger partial charge is 0.325 e. The van der Waals surface area contributed by atoms with Gasteiger partial charge in [-0.3, -0.25) is 9.59 Å². The summed E-state index contributed by atoms with van der Waals surface area (Å²) < 4.78 is 17.6. The summed E-state index contributed by atoms with van der Waals surface area (Å²) in [7, 11) is 1.26. The van der Waals surface area contributed by atoms with Crippen LogP contribution in [0.5, 0.6) is 0 Å². The summed E-state index contributed by atoms with van der Waals surface area (Å²) in [4.78, 5) is 24.6. The molecular weight excluding hydrogens is 237 g/mol. The average Bonchev–Trinajstić information content (AvgIpc) is 2.37. The Kier molecular flexibility index (Phi) is 5.30. The molecule has 0 saturated heterocycles. The number of benzene rings is 1. The summed E-state index contributed by atoms with van der Waals surface area (Å²) >= 11 is 0. The van der Waals surface area contributed by atoms with Gasteiger partial charge in [0.15, 0.2) is 0 Å². The highest BCUT2D eigenvalue weighted by Gasteiger charge is 2.18. The molecule has 0 radical (unpaired) electrons. The maximum absolute atomic E-state index is 13.0. The first-order valence-electron chi connectivity index (χ1n) is 5.70. The minimum atomic E-state index is -0.492. The number of nitrogens with zero attached hydrogens (tertiary/aromatic N) is 1. The minimum Gasteiger partial charge on any atom is -0.468 e. The first kappa shape index (κ1) is 14.2. The average molecular weight is 253 g/mol. The van der Waals surface area contributed by atoms with Gasteiger partial charge in [-0.2, -0.15) is 0 Å². The lowest BCUT2D eigenvalue weighted by Crippen LogP contribution is -2.36. The fraction of sp³-hybridized carbons (Fsp3) is 0.385. The van der Waals surface area contributed by atoms with Gasteiger partial charge in [0.25, 0.3) is 5.91 Å². The number of ether oxygens (including phenoxy) is 1. The van der Waals surface area contributed by atoms with Crippen LogP contribution >= 0.6 is 0 Å². The van der Waals surface area contributed by atoms with E-state index in [1.54, 1.807) is 0 Å². The van der Waals surface area contributed by atoms with Crippen molar-refractivity contribution in [3.63, 3.8) is 0 Å². The predicted molar refractivity (Wildman–Crippen MR) is 64.6 cm³/mol. The van der Waals surface area contributed by atoms with Crippen LogP contribution in [-0.2, 0) is 9.53 Å². The number of hydrogen-bond donors (Lipinski definition) is 0. The molecule has 0 saturated carbocycles. The highest BCUT2D eigenvalue weighted by atomic mass is 19.1. The highest BCUT2D eigenvalue weighted by Crippen LogP contribution is 2.08. The molecule has 1 aromatic carbocycles. The van der Waals surface area contributed by atoms with Crippen molar-refractivity contribution >= 4 is 11.9 Å². The van der Waals surface area contributed by atoms with Crippen LogP contribution in [0.4, 0.5) is 4.39 Å². The number of carbonyl (C=O) groups excluding carboxylic acids is 2. The lowest BCUT2D eigenvalue weighted by Gasteiger charge is -2.20. The van der Waals surface area contributed by atoms with E-state index in [2.05, 4.69) is 4.74 Å². The molecule has 1 amide bonds.